The van der Waals surface area contributed by atoms with Crippen LogP contribution in [0.2, 0.25) is 0 Å². The van der Waals surface area contributed by atoms with Crippen LogP contribution in [0.15, 0.2) is 0 Å². The van der Waals surface area contributed by atoms with Gasteiger partial charge in [-0.15, -0.1) is 0 Å². The van der Waals surface area contributed by atoms with E-state index in [1.54, 1.807) is 0 Å². The highest BCUT2D eigenvalue weighted by molar-refractivity contribution is 4.99. The number of hydrogen-bond donors (Lipinski definition) is 1. The molecule has 122 valence electrons. The Balaban J connectivity index is 1.57. The molecule has 6 heteroatoms. The van der Waals surface area contributed by atoms with Crippen molar-refractivity contribution >= 4 is 0 Å². The van der Waals surface area contributed by atoms with Crippen molar-refractivity contribution in [1.29, 1.82) is 0 Å². The predicted molar refractivity (Wildman–Crippen MR) is 76.0 cm³/mol. The molecule has 1 aliphatic heterocycles. The summed E-state index contributed by atoms with van der Waals surface area (Å²) >= 11 is 0. The lowest BCUT2D eigenvalue weighted by molar-refractivity contribution is -0.189. The maximum atomic E-state index is 12.8. The third-order valence-corrected chi connectivity index (χ3v) is 5.81. The van der Waals surface area contributed by atoms with Crippen molar-refractivity contribution in [1.82, 2.24) is 9.80 Å². The van der Waals surface area contributed by atoms with Gasteiger partial charge in [0.25, 0.3) is 0 Å². The lowest BCUT2D eigenvalue weighted by Gasteiger charge is -2.50. The second-order valence-corrected chi connectivity index (χ2v) is 7.00. The van der Waals surface area contributed by atoms with E-state index in [4.69, 9.17) is 5.73 Å². The quantitative estimate of drug-likeness (QED) is 0.868. The van der Waals surface area contributed by atoms with Crippen molar-refractivity contribution in [2.75, 3.05) is 32.7 Å². The van der Waals surface area contributed by atoms with Gasteiger partial charge < -0.3 is 5.73 Å². The maximum Gasteiger partial charge on any atom is 0.391 e. The highest BCUT2D eigenvalue weighted by atomic mass is 19.4. The summed E-state index contributed by atoms with van der Waals surface area (Å²) in [6.07, 6.45) is 0.261. The van der Waals surface area contributed by atoms with Crippen LogP contribution in [-0.2, 0) is 0 Å². The van der Waals surface area contributed by atoms with Gasteiger partial charge in [-0.25, -0.2) is 0 Å². The average Bonchev–Trinajstić information content (AvgIpc) is 3.31. The van der Waals surface area contributed by atoms with Crippen LogP contribution >= 0.6 is 0 Å². The Hall–Kier alpha value is -0.330. The van der Waals surface area contributed by atoms with E-state index in [1.807, 2.05) is 0 Å². The SMILES string of the molecule is NCC1(N2CCN(C3CC3)CC2)CCC(C(F)(F)F)CC1. The lowest BCUT2D eigenvalue weighted by Crippen LogP contribution is -2.61. The van der Waals surface area contributed by atoms with Crippen molar-refractivity contribution in [3.63, 3.8) is 0 Å². The van der Waals surface area contributed by atoms with Crippen molar-refractivity contribution in [2.24, 2.45) is 11.7 Å². The van der Waals surface area contributed by atoms with Gasteiger partial charge in [-0.2, -0.15) is 13.2 Å². The van der Waals surface area contributed by atoms with E-state index in [0.29, 0.717) is 19.4 Å². The minimum absolute atomic E-state index is 0.183. The molecule has 0 aromatic carbocycles. The molecule has 2 N–H and O–H groups in total. The molecule has 0 aromatic heterocycles. The minimum atomic E-state index is -4.04. The van der Waals surface area contributed by atoms with E-state index in [0.717, 1.165) is 32.2 Å². The van der Waals surface area contributed by atoms with Crippen LogP contribution in [-0.4, -0.2) is 60.3 Å². The van der Waals surface area contributed by atoms with Gasteiger partial charge in [0, 0.05) is 44.3 Å². The number of rotatable bonds is 3. The zero-order valence-corrected chi connectivity index (χ0v) is 12.5. The van der Waals surface area contributed by atoms with E-state index in [1.165, 1.54) is 12.8 Å². The van der Waals surface area contributed by atoms with Crippen LogP contribution < -0.4 is 5.73 Å². The first-order valence-corrected chi connectivity index (χ1v) is 8.20. The first kappa shape index (κ1) is 15.6. The number of alkyl halides is 3. The van der Waals surface area contributed by atoms with Gasteiger partial charge in [0.2, 0.25) is 0 Å². The average molecular weight is 305 g/mol. The fourth-order valence-corrected chi connectivity index (χ4v) is 4.13. The summed E-state index contributed by atoms with van der Waals surface area (Å²) in [6.45, 7) is 4.51. The Morgan fingerprint density at radius 1 is 0.952 bits per heavy atom. The van der Waals surface area contributed by atoms with E-state index in [2.05, 4.69) is 9.80 Å². The van der Waals surface area contributed by atoms with Crippen molar-refractivity contribution in [2.45, 2.75) is 56.3 Å². The molecular weight excluding hydrogens is 279 g/mol. The van der Waals surface area contributed by atoms with E-state index in [9.17, 15) is 13.2 Å². The summed E-state index contributed by atoms with van der Waals surface area (Å²) in [5, 5.41) is 0. The van der Waals surface area contributed by atoms with Crippen LogP contribution in [0.25, 0.3) is 0 Å². The van der Waals surface area contributed by atoms with E-state index >= 15 is 0 Å². The molecule has 3 fully saturated rings. The minimum Gasteiger partial charge on any atom is -0.329 e. The summed E-state index contributed by atoms with van der Waals surface area (Å²) in [5.41, 5.74) is 5.81. The van der Waals surface area contributed by atoms with Gasteiger partial charge in [0.05, 0.1) is 5.92 Å². The van der Waals surface area contributed by atoms with Gasteiger partial charge >= 0.3 is 6.18 Å². The molecule has 2 aliphatic carbocycles. The standard InChI is InChI=1S/C15H26F3N3/c16-15(17,18)12-3-5-14(11-19,6-4-12)21-9-7-20(8-10-21)13-1-2-13/h12-13H,1-11,19H2. The van der Waals surface area contributed by atoms with Crippen molar-refractivity contribution < 1.29 is 13.2 Å². The number of nitrogens with zero attached hydrogens (tertiary/aromatic N) is 2. The Bertz CT molecular complexity index is 352. The molecule has 0 amide bonds. The van der Waals surface area contributed by atoms with E-state index < -0.39 is 12.1 Å². The fourth-order valence-electron chi connectivity index (χ4n) is 4.13. The van der Waals surface area contributed by atoms with Gasteiger partial charge in [-0.3, -0.25) is 9.80 Å². The third-order valence-electron chi connectivity index (χ3n) is 5.81. The van der Waals surface area contributed by atoms with Crippen molar-refractivity contribution in [3.05, 3.63) is 0 Å². The summed E-state index contributed by atoms with van der Waals surface area (Å²) in [6, 6.07) is 0.780. The lowest BCUT2D eigenvalue weighted by atomic mass is 9.75. The molecule has 0 atom stereocenters. The molecular formula is C15H26F3N3. The molecule has 3 rings (SSSR count). The van der Waals surface area contributed by atoms with Crippen molar-refractivity contribution in [3.8, 4) is 0 Å². The highest BCUT2D eigenvalue weighted by Gasteiger charge is 2.48. The Labute approximate surface area is 124 Å². The molecule has 0 radical (unpaired) electrons. The predicted octanol–water partition coefficient (Wildman–Crippen LogP) is 2.22. The third kappa shape index (κ3) is 3.22. The van der Waals surface area contributed by atoms with Crippen LogP contribution in [0, 0.1) is 5.92 Å². The Morgan fingerprint density at radius 3 is 1.95 bits per heavy atom. The van der Waals surface area contributed by atoms with Crippen LogP contribution in [0.1, 0.15) is 38.5 Å². The molecule has 3 aliphatic rings. The zero-order chi connectivity index (χ0) is 15.1. The molecule has 3 nitrogen and oxygen atoms in total. The maximum absolute atomic E-state index is 12.8. The normalized spacial score (nSPS) is 36.9. The van der Waals surface area contributed by atoms with Gasteiger partial charge in [0.15, 0.2) is 0 Å². The number of piperazine rings is 1. The van der Waals surface area contributed by atoms with E-state index in [-0.39, 0.29) is 18.4 Å². The molecule has 1 saturated heterocycles. The first-order chi connectivity index (χ1) is 9.94. The van der Waals surface area contributed by atoms with Gasteiger partial charge in [-0.05, 0) is 38.5 Å². The molecule has 21 heavy (non-hydrogen) atoms. The molecule has 0 spiro atoms. The molecule has 1 heterocycles. The Morgan fingerprint density at radius 2 is 1.52 bits per heavy atom. The van der Waals surface area contributed by atoms with Crippen LogP contribution in [0.3, 0.4) is 0 Å². The summed E-state index contributed by atoms with van der Waals surface area (Å²) in [5.74, 6) is -1.12. The largest absolute Gasteiger partial charge is 0.391 e. The number of halogens is 3. The topological polar surface area (TPSA) is 32.5 Å². The second-order valence-electron chi connectivity index (χ2n) is 7.00. The summed E-state index contributed by atoms with van der Waals surface area (Å²) in [7, 11) is 0. The second kappa shape index (κ2) is 5.70. The highest BCUT2D eigenvalue weighted by Crippen LogP contribution is 2.43. The van der Waals surface area contributed by atoms with Crippen LogP contribution in [0.4, 0.5) is 13.2 Å². The zero-order valence-electron chi connectivity index (χ0n) is 12.5. The number of hydrogen-bond acceptors (Lipinski definition) is 3. The summed E-state index contributed by atoms with van der Waals surface area (Å²) < 4.78 is 38.5. The smallest absolute Gasteiger partial charge is 0.329 e. The molecule has 0 aromatic rings. The molecule has 2 saturated carbocycles. The van der Waals surface area contributed by atoms with Crippen LogP contribution in [0.5, 0.6) is 0 Å². The first-order valence-electron chi connectivity index (χ1n) is 8.20. The fraction of sp³-hybridized carbons (Fsp3) is 1.00. The molecule has 0 bridgehead atoms. The Kier molecular flexibility index (Phi) is 4.23. The molecule has 0 unspecified atom stereocenters. The monoisotopic (exact) mass is 305 g/mol. The summed E-state index contributed by atoms with van der Waals surface area (Å²) in [4.78, 5) is 4.92. The van der Waals surface area contributed by atoms with Gasteiger partial charge in [-0.1, -0.05) is 0 Å². The van der Waals surface area contributed by atoms with Gasteiger partial charge in [0.1, 0.15) is 0 Å². The number of nitrogens with two attached hydrogens (primary N) is 1.